The molecule has 0 bridgehead atoms. The number of amides is 1. The predicted molar refractivity (Wildman–Crippen MR) is 133 cm³/mol. The number of hydrogen-bond donors (Lipinski definition) is 3. The van der Waals surface area contributed by atoms with Crippen LogP contribution in [-0.4, -0.2) is 61.0 Å². The van der Waals surface area contributed by atoms with Gasteiger partial charge >= 0.3 is 0 Å². The normalized spacial score (nSPS) is 20.5. The summed E-state index contributed by atoms with van der Waals surface area (Å²) in [5.74, 6) is 0.268. The molecule has 0 spiro atoms. The van der Waals surface area contributed by atoms with E-state index in [1.54, 1.807) is 22.2 Å². The smallest absolute Gasteiger partial charge is 0.237 e. The third-order valence-corrected chi connectivity index (χ3v) is 7.56. The molecule has 2 aromatic heterocycles. The monoisotopic (exact) mass is 483 g/mol. The average Bonchev–Trinajstić information content (AvgIpc) is 3.51. The number of likely N-dealkylation sites (tertiary alicyclic amines) is 1. The molecular formula is C25H33N5O3S. The first-order chi connectivity index (χ1) is 16.2. The van der Waals surface area contributed by atoms with Crippen LogP contribution in [-0.2, 0) is 4.79 Å². The van der Waals surface area contributed by atoms with Crippen LogP contribution in [0.5, 0.6) is 5.75 Å². The maximum atomic E-state index is 13.2. The van der Waals surface area contributed by atoms with E-state index in [0.717, 1.165) is 21.7 Å². The van der Waals surface area contributed by atoms with Gasteiger partial charge in [-0.15, -0.1) is 11.3 Å². The molecule has 1 aliphatic rings. The highest BCUT2D eigenvalue weighted by Crippen LogP contribution is 2.29. The second kappa shape index (κ2) is 10.2. The Labute approximate surface area is 204 Å². The number of aromatic nitrogens is 3. The molecule has 8 nitrogen and oxygen atoms in total. The molecule has 1 unspecified atom stereocenters. The van der Waals surface area contributed by atoms with Crippen LogP contribution in [0, 0.1) is 12.8 Å². The molecule has 182 valence electrons. The predicted octanol–water partition coefficient (Wildman–Crippen LogP) is 3.53. The quantitative estimate of drug-likeness (QED) is 0.453. The standard InChI is InChI=1S/C25H33N5O3S/c1-15(2)23(30-12-21(32)10-27-30)13-29-11-20(31)9-22(29)25(33)28-16(3)18-5-7-19(8-6-18)24-17(4)26-14-34-24/h5-8,10,12,14-16,20,22-23,31-32H,9,11,13H2,1-4H3,(H,28,33)/t16-,20+,22-,23?/m0/s1. The summed E-state index contributed by atoms with van der Waals surface area (Å²) in [6, 6.07) is 7.61. The van der Waals surface area contributed by atoms with Gasteiger partial charge in [0.2, 0.25) is 5.91 Å². The molecule has 4 rings (SSSR count). The van der Waals surface area contributed by atoms with Gasteiger partial charge in [-0.05, 0) is 37.3 Å². The van der Waals surface area contributed by atoms with Crippen molar-refractivity contribution in [3.63, 3.8) is 0 Å². The number of hydrogen-bond acceptors (Lipinski definition) is 7. The zero-order valence-electron chi connectivity index (χ0n) is 20.0. The van der Waals surface area contributed by atoms with Crippen molar-refractivity contribution in [2.45, 2.75) is 58.3 Å². The van der Waals surface area contributed by atoms with E-state index in [2.05, 4.69) is 41.4 Å². The minimum atomic E-state index is -0.549. The maximum absolute atomic E-state index is 13.2. The molecular weight excluding hydrogens is 450 g/mol. The Morgan fingerprint density at radius 3 is 2.59 bits per heavy atom. The zero-order valence-corrected chi connectivity index (χ0v) is 20.9. The van der Waals surface area contributed by atoms with E-state index >= 15 is 0 Å². The lowest BCUT2D eigenvalue weighted by Gasteiger charge is -2.31. The minimum absolute atomic E-state index is 0.0262. The third-order valence-electron chi connectivity index (χ3n) is 6.58. The number of aromatic hydroxyl groups is 1. The molecule has 9 heteroatoms. The summed E-state index contributed by atoms with van der Waals surface area (Å²) in [5.41, 5.74) is 5.01. The molecule has 1 amide bonds. The van der Waals surface area contributed by atoms with Crippen molar-refractivity contribution in [2.24, 2.45) is 5.92 Å². The molecule has 1 saturated heterocycles. The molecule has 1 aromatic carbocycles. The SMILES string of the molecule is Cc1ncsc1-c1ccc([C@H](C)NC(=O)[C@@H]2C[C@@H](O)CN2CC(C(C)C)n2cc(O)cn2)cc1. The number of rotatable bonds is 8. The van der Waals surface area contributed by atoms with Crippen LogP contribution in [0.3, 0.4) is 0 Å². The number of aliphatic hydroxyl groups is 1. The number of nitrogens with one attached hydrogen (secondary N) is 1. The highest BCUT2D eigenvalue weighted by Gasteiger charge is 2.38. The van der Waals surface area contributed by atoms with Gasteiger partial charge in [0.15, 0.2) is 5.75 Å². The minimum Gasteiger partial charge on any atom is -0.505 e. The van der Waals surface area contributed by atoms with Crippen LogP contribution in [0.1, 0.15) is 50.5 Å². The number of aliphatic hydroxyl groups excluding tert-OH is 1. The van der Waals surface area contributed by atoms with Gasteiger partial charge in [0.25, 0.3) is 0 Å². The number of β-amino-alcohol motifs (C(OH)–C–C–N with tert-alkyl or cyclic N) is 1. The van der Waals surface area contributed by atoms with E-state index in [4.69, 9.17) is 0 Å². The van der Waals surface area contributed by atoms with E-state index in [-0.39, 0.29) is 29.7 Å². The lowest BCUT2D eigenvalue weighted by atomic mass is 10.0. The average molecular weight is 484 g/mol. The number of aryl methyl sites for hydroxylation is 1. The number of carbonyl (C=O) groups excluding carboxylic acids is 1. The Hall–Kier alpha value is -2.75. The largest absolute Gasteiger partial charge is 0.505 e. The fraction of sp³-hybridized carbons (Fsp3) is 0.480. The fourth-order valence-corrected chi connectivity index (χ4v) is 5.41. The molecule has 34 heavy (non-hydrogen) atoms. The molecule has 3 heterocycles. The number of carbonyl (C=O) groups is 1. The summed E-state index contributed by atoms with van der Waals surface area (Å²) < 4.78 is 1.74. The summed E-state index contributed by atoms with van der Waals surface area (Å²) in [6.07, 6.45) is 2.87. The van der Waals surface area contributed by atoms with Crippen molar-refractivity contribution in [1.29, 1.82) is 0 Å². The first-order valence-corrected chi connectivity index (χ1v) is 12.6. The maximum Gasteiger partial charge on any atom is 0.237 e. The van der Waals surface area contributed by atoms with E-state index in [0.29, 0.717) is 19.5 Å². The first-order valence-electron chi connectivity index (χ1n) is 11.7. The molecule has 3 N–H and O–H groups in total. The van der Waals surface area contributed by atoms with Crippen molar-refractivity contribution < 1.29 is 15.0 Å². The van der Waals surface area contributed by atoms with Crippen LogP contribution in [0.4, 0.5) is 0 Å². The molecule has 1 fully saturated rings. The van der Waals surface area contributed by atoms with Crippen molar-refractivity contribution in [3.05, 3.63) is 53.4 Å². The number of benzene rings is 1. The Morgan fingerprint density at radius 1 is 1.26 bits per heavy atom. The Kier molecular flexibility index (Phi) is 7.35. The van der Waals surface area contributed by atoms with Gasteiger partial charge in [0, 0.05) is 13.1 Å². The van der Waals surface area contributed by atoms with Crippen molar-refractivity contribution in [3.8, 4) is 16.2 Å². The van der Waals surface area contributed by atoms with Gasteiger partial charge in [-0.25, -0.2) is 4.98 Å². The summed E-state index contributed by atoms with van der Waals surface area (Å²) in [7, 11) is 0. The van der Waals surface area contributed by atoms with E-state index in [9.17, 15) is 15.0 Å². The third kappa shape index (κ3) is 5.32. The first kappa shape index (κ1) is 24.4. The fourth-order valence-electron chi connectivity index (χ4n) is 4.60. The highest BCUT2D eigenvalue weighted by atomic mass is 32.1. The summed E-state index contributed by atoms with van der Waals surface area (Å²) in [4.78, 5) is 20.7. The van der Waals surface area contributed by atoms with Crippen molar-refractivity contribution in [2.75, 3.05) is 13.1 Å². The van der Waals surface area contributed by atoms with Gasteiger partial charge in [0.05, 0.1) is 52.7 Å². The van der Waals surface area contributed by atoms with Gasteiger partial charge < -0.3 is 15.5 Å². The molecule has 3 aromatic rings. The lowest BCUT2D eigenvalue weighted by Crippen LogP contribution is -2.46. The van der Waals surface area contributed by atoms with Crippen LogP contribution >= 0.6 is 11.3 Å². The van der Waals surface area contributed by atoms with Gasteiger partial charge in [-0.2, -0.15) is 5.10 Å². The van der Waals surface area contributed by atoms with E-state index < -0.39 is 12.1 Å². The number of thiazole rings is 1. The summed E-state index contributed by atoms with van der Waals surface area (Å²) in [6.45, 7) is 9.15. The van der Waals surface area contributed by atoms with Gasteiger partial charge in [0.1, 0.15) is 0 Å². The zero-order chi connectivity index (χ0) is 24.4. The van der Waals surface area contributed by atoms with Crippen LogP contribution in [0.2, 0.25) is 0 Å². The second-order valence-electron chi connectivity index (χ2n) is 9.47. The van der Waals surface area contributed by atoms with Crippen molar-refractivity contribution in [1.82, 2.24) is 25.0 Å². The van der Waals surface area contributed by atoms with Crippen LogP contribution in [0.15, 0.2) is 42.2 Å². The summed E-state index contributed by atoms with van der Waals surface area (Å²) >= 11 is 1.62. The molecule has 1 aliphatic heterocycles. The van der Waals surface area contributed by atoms with Gasteiger partial charge in [-0.1, -0.05) is 38.1 Å². The highest BCUT2D eigenvalue weighted by molar-refractivity contribution is 7.13. The molecule has 0 radical (unpaired) electrons. The lowest BCUT2D eigenvalue weighted by molar-refractivity contribution is -0.126. The Bertz CT molecular complexity index is 1110. The second-order valence-corrected chi connectivity index (χ2v) is 10.3. The molecule has 4 atom stereocenters. The molecule has 0 aliphatic carbocycles. The van der Waals surface area contributed by atoms with Crippen LogP contribution < -0.4 is 5.32 Å². The molecule has 0 saturated carbocycles. The Balaban J connectivity index is 1.43. The summed E-state index contributed by atoms with van der Waals surface area (Å²) in [5, 5.41) is 27.5. The van der Waals surface area contributed by atoms with Gasteiger partial charge in [-0.3, -0.25) is 14.4 Å². The van der Waals surface area contributed by atoms with E-state index in [1.807, 2.05) is 36.4 Å². The van der Waals surface area contributed by atoms with Crippen LogP contribution in [0.25, 0.3) is 10.4 Å². The Morgan fingerprint density at radius 2 is 2.00 bits per heavy atom. The van der Waals surface area contributed by atoms with Crippen molar-refractivity contribution >= 4 is 17.2 Å². The number of nitrogens with zero attached hydrogens (tertiary/aromatic N) is 4. The van der Waals surface area contributed by atoms with E-state index in [1.165, 1.54) is 6.20 Å². The topological polar surface area (TPSA) is 104 Å².